The number of hydrogen-bond donors (Lipinski definition) is 3. The number of benzene rings is 1. The van der Waals surface area contributed by atoms with Crippen molar-refractivity contribution in [1.29, 1.82) is 0 Å². The first-order valence-corrected chi connectivity index (χ1v) is 8.26. The molecule has 1 aromatic carbocycles. The van der Waals surface area contributed by atoms with Crippen LogP contribution in [0.25, 0.3) is 0 Å². The lowest BCUT2D eigenvalue weighted by molar-refractivity contribution is -0.119. The monoisotopic (exact) mass is 378 g/mol. The zero-order valence-electron chi connectivity index (χ0n) is 11.4. The quantitative estimate of drug-likeness (QED) is 0.679. The van der Waals surface area contributed by atoms with Gasteiger partial charge in [-0.25, -0.2) is 17.9 Å². The number of carboxylic acid groups (broad SMARTS) is 1. The minimum Gasteiger partial charge on any atom is -0.478 e. The zero-order valence-corrected chi connectivity index (χ0v) is 13.8. The first-order chi connectivity index (χ1) is 9.69. The highest BCUT2D eigenvalue weighted by Gasteiger charge is 2.20. The largest absolute Gasteiger partial charge is 0.478 e. The Bertz CT molecular complexity index is 672. The van der Waals surface area contributed by atoms with Crippen LogP contribution < -0.4 is 10.0 Å². The van der Waals surface area contributed by atoms with E-state index >= 15 is 0 Å². The van der Waals surface area contributed by atoms with E-state index in [2.05, 4.69) is 26.0 Å². The number of carboxylic acids is 1. The van der Waals surface area contributed by atoms with Crippen LogP contribution >= 0.6 is 15.9 Å². The number of carbonyl (C=O) groups excluding carboxylic acids is 1. The van der Waals surface area contributed by atoms with Crippen LogP contribution in [0.4, 0.5) is 0 Å². The Kier molecular flexibility index (Phi) is 5.87. The molecule has 1 amide bonds. The highest BCUT2D eigenvalue weighted by Crippen LogP contribution is 2.24. The zero-order chi connectivity index (χ0) is 16.2. The Morgan fingerprint density at radius 2 is 1.95 bits per heavy atom. The summed E-state index contributed by atoms with van der Waals surface area (Å²) in [5, 5.41) is 11.5. The Hall–Kier alpha value is -1.45. The Labute approximate surface area is 130 Å². The molecule has 0 aliphatic rings. The number of aromatic carboxylic acids is 1. The van der Waals surface area contributed by atoms with Crippen molar-refractivity contribution in [2.45, 2.75) is 18.7 Å². The van der Waals surface area contributed by atoms with Gasteiger partial charge >= 0.3 is 5.97 Å². The summed E-state index contributed by atoms with van der Waals surface area (Å²) in [5.41, 5.74) is 0.299. The van der Waals surface area contributed by atoms with Crippen molar-refractivity contribution < 1.29 is 23.1 Å². The van der Waals surface area contributed by atoms with Gasteiger partial charge < -0.3 is 10.4 Å². The fraction of sp³-hybridized carbons (Fsp3) is 0.333. The Balaban J connectivity index is 3.09. The first-order valence-electron chi connectivity index (χ1n) is 5.98. The molecular formula is C12H15BrN2O5S. The van der Waals surface area contributed by atoms with E-state index in [-0.39, 0.29) is 10.5 Å². The van der Waals surface area contributed by atoms with Gasteiger partial charge in [0.1, 0.15) is 0 Å². The van der Waals surface area contributed by atoms with Gasteiger partial charge in [-0.2, -0.15) is 0 Å². The fourth-order valence-electron chi connectivity index (χ4n) is 1.53. The lowest BCUT2D eigenvalue weighted by Crippen LogP contribution is -2.36. The van der Waals surface area contributed by atoms with Crippen LogP contribution in [-0.2, 0) is 14.8 Å². The smallest absolute Gasteiger partial charge is 0.336 e. The lowest BCUT2D eigenvalue weighted by atomic mass is 10.1. The summed E-state index contributed by atoms with van der Waals surface area (Å²) in [5.74, 6) is -1.69. The van der Waals surface area contributed by atoms with E-state index in [9.17, 15) is 18.0 Å². The third kappa shape index (κ3) is 4.51. The number of carbonyl (C=O) groups is 2. The average Bonchev–Trinajstić information content (AvgIpc) is 2.39. The molecular weight excluding hydrogens is 364 g/mol. The number of halogens is 1. The van der Waals surface area contributed by atoms with Crippen molar-refractivity contribution in [3.05, 3.63) is 27.7 Å². The van der Waals surface area contributed by atoms with Crippen LogP contribution in [0.2, 0.25) is 0 Å². The number of likely N-dealkylation sites (N-methyl/N-ethyl adjacent to an activating group) is 1. The molecule has 0 radical (unpaired) electrons. The molecule has 0 atom stereocenters. The highest BCUT2D eigenvalue weighted by atomic mass is 79.9. The van der Waals surface area contributed by atoms with Crippen molar-refractivity contribution in [3.8, 4) is 0 Å². The molecule has 1 rings (SSSR count). The number of hydrogen-bond acceptors (Lipinski definition) is 4. The van der Waals surface area contributed by atoms with Gasteiger partial charge in [-0.3, -0.25) is 4.79 Å². The molecule has 0 fully saturated rings. The van der Waals surface area contributed by atoms with Crippen molar-refractivity contribution in [2.75, 3.05) is 13.1 Å². The van der Waals surface area contributed by atoms with Gasteiger partial charge in [-0.05, 0) is 31.5 Å². The molecule has 0 spiro atoms. The third-order valence-electron chi connectivity index (χ3n) is 2.66. The second-order valence-electron chi connectivity index (χ2n) is 4.16. The molecule has 0 saturated heterocycles. The summed E-state index contributed by atoms with van der Waals surface area (Å²) in [4.78, 5) is 22.2. The van der Waals surface area contributed by atoms with E-state index in [1.807, 2.05) is 0 Å². The molecule has 0 unspecified atom stereocenters. The van der Waals surface area contributed by atoms with Crippen molar-refractivity contribution in [3.63, 3.8) is 0 Å². The SMILES string of the molecule is CCNC(=O)CNS(=O)(=O)c1cc(Br)c(C)c(C(=O)O)c1. The molecule has 7 nitrogen and oxygen atoms in total. The van der Waals surface area contributed by atoms with Crippen LogP contribution in [0.5, 0.6) is 0 Å². The van der Waals surface area contributed by atoms with Crippen molar-refractivity contribution >= 4 is 37.8 Å². The molecule has 116 valence electrons. The summed E-state index contributed by atoms with van der Waals surface area (Å²) >= 11 is 3.13. The van der Waals surface area contributed by atoms with E-state index in [4.69, 9.17) is 5.11 Å². The molecule has 0 saturated carbocycles. The molecule has 0 aliphatic heterocycles. The summed E-state index contributed by atoms with van der Waals surface area (Å²) in [6.07, 6.45) is 0. The van der Waals surface area contributed by atoms with E-state index < -0.39 is 28.4 Å². The Morgan fingerprint density at radius 1 is 1.33 bits per heavy atom. The molecule has 3 N–H and O–H groups in total. The molecule has 0 aliphatic carbocycles. The first kappa shape index (κ1) is 17.6. The molecule has 21 heavy (non-hydrogen) atoms. The van der Waals surface area contributed by atoms with Gasteiger partial charge in [0.25, 0.3) is 0 Å². The number of nitrogens with one attached hydrogen (secondary N) is 2. The second-order valence-corrected chi connectivity index (χ2v) is 6.78. The number of rotatable bonds is 6. The van der Waals surface area contributed by atoms with Gasteiger partial charge in [0.15, 0.2) is 0 Å². The number of sulfonamides is 1. The van der Waals surface area contributed by atoms with Gasteiger partial charge in [-0.15, -0.1) is 0 Å². The second kappa shape index (κ2) is 7.01. The standard InChI is InChI=1S/C12H15BrN2O5S/c1-3-14-11(16)6-15-21(19,20)8-4-9(12(17)18)7(2)10(13)5-8/h4-5,15H,3,6H2,1-2H3,(H,14,16)(H,17,18). The topological polar surface area (TPSA) is 113 Å². The van der Waals surface area contributed by atoms with Crippen LogP contribution in [0.1, 0.15) is 22.8 Å². The molecule has 0 bridgehead atoms. The van der Waals surface area contributed by atoms with E-state index in [0.29, 0.717) is 16.6 Å². The minimum absolute atomic E-state index is 0.122. The van der Waals surface area contributed by atoms with E-state index in [1.165, 1.54) is 6.07 Å². The third-order valence-corrected chi connectivity index (χ3v) is 4.86. The van der Waals surface area contributed by atoms with Gasteiger partial charge in [0, 0.05) is 11.0 Å². The fourth-order valence-corrected chi connectivity index (χ4v) is 3.18. The lowest BCUT2D eigenvalue weighted by Gasteiger charge is -2.10. The van der Waals surface area contributed by atoms with E-state index in [0.717, 1.165) is 6.07 Å². The van der Waals surface area contributed by atoms with Crippen LogP contribution in [0.15, 0.2) is 21.5 Å². The van der Waals surface area contributed by atoms with Crippen LogP contribution in [-0.4, -0.2) is 38.5 Å². The van der Waals surface area contributed by atoms with E-state index in [1.54, 1.807) is 13.8 Å². The summed E-state index contributed by atoms with van der Waals surface area (Å²) < 4.78 is 26.6. The molecule has 0 heterocycles. The molecule has 0 aromatic heterocycles. The summed E-state index contributed by atoms with van der Waals surface area (Å²) in [6, 6.07) is 2.35. The summed E-state index contributed by atoms with van der Waals surface area (Å²) in [7, 11) is -3.97. The van der Waals surface area contributed by atoms with Crippen molar-refractivity contribution in [1.82, 2.24) is 10.0 Å². The average molecular weight is 379 g/mol. The van der Waals surface area contributed by atoms with Crippen molar-refractivity contribution in [2.24, 2.45) is 0 Å². The normalized spacial score (nSPS) is 11.2. The Morgan fingerprint density at radius 3 is 2.48 bits per heavy atom. The molecule has 1 aromatic rings. The summed E-state index contributed by atoms with van der Waals surface area (Å²) in [6.45, 7) is 3.25. The van der Waals surface area contributed by atoms with Gasteiger partial charge in [0.05, 0.1) is 17.0 Å². The van der Waals surface area contributed by atoms with Crippen LogP contribution in [0.3, 0.4) is 0 Å². The van der Waals surface area contributed by atoms with Gasteiger partial charge in [-0.1, -0.05) is 15.9 Å². The predicted octanol–water partition coefficient (Wildman–Crippen LogP) is 0.870. The predicted molar refractivity (Wildman–Crippen MR) is 79.7 cm³/mol. The maximum Gasteiger partial charge on any atom is 0.336 e. The number of amides is 1. The molecule has 9 heteroatoms. The van der Waals surface area contributed by atoms with Crippen LogP contribution in [0, 0.1) is 6.92 Å². The van der Waals surface area contributed by atoms with Gasteiger partial charge in [0.2, 0.25) is 15.9 Å². The maximum atomic E-state index is 12.1. The minimum atomic E-state index is -3.97. The highest BCUT2D eigenvalue weighted by molar-refractivity contribution is 9.10. The maximum absolute atomic E-state index is 12.1.